The van der Waals surface area contributed by atoms with Gasteiger partial charge in [0.1, 0.15) is 0 Å². The third-order valence-corrected chi connectivity index (χ3v) is 3.82. The summed E-state index contributed by atoms with van der Waals surface area (Å²) in [5, 5.41) is 5.31. The smallest absolute Gasteiger partial charge is 0.0897 e. The van der Waals surface area contributed by atoms with E-state index in [1.807, 2.05) is 13.1 Å². The van der Waals surface area contributed by atoms with Gasteiger partial charge in [0, 0.05) is 17.1 Å². The minimum absolute atomic E-state index is 0.0933. The van der Waals surface area contributed by atoms with Gasteiger partial charge in [-0.25, -0.2) is 4.98 Å². The van der Waals surface area contributed by atoms with Crippen molar-refractivity contribution in [3.05, 3.63) is 38.5 Å². The fourth-order valence-corrected chi connectivity index (χ4v) is 2.78. The first-order valence-corrected chi connectivity index (χ1v) is 6.20. The Morgan fingerprint density at radius 1 is 1.57 bits per heavy atom. The Hall–Kier alpha value is -0.710. The molecule has 0 amide bonds. The summed E-state index contributed by atoms with van der Waals surface area (Å²) in [6.45, 7) is 2.01. The number of hydrogen-bond donors (Lipinski definition) is 1. The summed E-state index contributed by atoms with van der Waals surface area (Å²) in [6, 6.07) is 2.22. The summed E-state index contributed by atoms with van der Waals surface area (Å²) in [6.07, 6.45) is 2.79. The molecule has 2 N–H and O–H groups in total. The Balaban J connectivity index is 2.06. The zero-order valence-corrected chi connectivity index (χ0v) is 9.57. The lowest BCUT2D eigenvalue weighted by atomic mass is 10.1. The monoisotopic (exact) mass is 224 g/mol. The van der Waals surface area contributed by atoms with E-state index in [0.29, 0.717) is 0 Å². The maximum absolute atomic E-state index is 6.07. The lowest BCUT2D eigenvalue weighted by Gasteiger charge is -2.06. The number of thiazole rings is 1. The van der Waals surface area contributed by atoms with Crippen molar-refractivity contribution < 1.29 is 0 Å². The van der Waals surface area contributed by atoms with Gasteiger partial charge < -0.3 is 5.73 Å². The highest BCUT2D eigenvalue weighted by Gasteiger charge is 2.09. The zero-order chi connectivity index (χ0) is 9.97. The van der Waals surface area contributed by atoms with E-state index in [1.165, 1.54) is 10.4 Å². The summed E-state index contributed by atoms with van der Waals surface area (Å²) < 4.78 is 0. The molecule has 2 rings (SSSR count). The fourth-order valence-electron chi connectivity index (χ4n) is 1.31. The molecule has 2 nitrogen and oxygen atoms in total. The zero-order valence-electron chi connectivity index (χ0n) is 7.93. The molecular formula is C10H12N2S2. The maximum Gasteiger partial charge on any atom is 0.0897 e. The van der Waals surface area contributed by atoms with E-state index in [0.717, 1.165) is 11.4 Å². The van der Waals surface area contributed by atoms with E-state index in [1.54, 1.807) is 22.7 Å². The SMILES string of the molecule is Cc1ncc(C(N)Cc2ccsc2)s1. The second-order valence-corrected chi connectivity index (χ2v) is 5.27. The number of hydrogen-bond acceptors (Lipinski definition) is 4. The lowest BCUT2D eigenvalue weighted by molar-refractivity contribution is 0.736. The number of aromatic nitrogens is 1. The number of rotatable bonds is 3. The highest BCUT2D eigenvalue weighted by molar-refractivity contribution is 7.11. The summed E-state index contributed by atoms with van der Waals surface area (Å²) in [5.41, 5.74) is 7.39. The van der Waals surface area contributed by atoms with Crippen LogP contribution in [0.4, 0.5) is 0 Å². The van der Waals surface area contributed by atoms with E-state index in [4.69, 9.17) is 5.73 Å². The molecule has 0 aliphatic heterocycles. The number of nitrogens with two attached hydrogens (primary N) is 1. The topological polar surface area (TPSA) is 38.9 Å². The summed E-state index contributed by atoms with van der Waals surface area (Å²) in [4.78, 5) is 5.38. The molecule has 0 aromatic carbocycles. The first-order chi connectivity index (χ1) is 6.75. The van der Waals surface area contributed by atoms with Gasteiger partial charge in [-0.2, -0.15) is 11.3 Å². The van der Waals surface area contributed by atoms with Gasteiger partial charge in [0.25, 0.3) is 0 Å². The highest BCUT2D eigenvalue weighted by atomic mass is 32.1. The van der Waals surface area contributed by atoms with Crippen LogP contribution in [-0.2, 0) is 6.42 Å². The molecule has 14 heavy (non-hydrogen) atoms. The molecule has 2 aromatic rings. The third kappa shape index (κ3) is 2.20. The Kier molecular flexibility index (Phi) is 2.96. The van der Waals surface area contributed by atoms with Crippen LogP contribution < -0.4 is 5.73 Å². The van der Waals surface area contributed by atoms with Crippen molar-refractivity contribution in [3.63, 3.8) is 0 Å². The van der Waals surface area contributed by atoms with Crippen LogP contribution in [0.3, 0.4) is 0 Å². The van der Waals surface area contributed by atoms with Crippen molar-refractivity contribution in [2.75, 3.05) is 0 Å². The van der Waals surface area contributed by atoms with Crippen LogP contribution in [0.1, 0.15) is 21.5 Å². The molecule has 1 unspecified atom stereocenters. The van der Waals surface area contributed by atoms with Crippen LogP contribution in [0.25, 0.3) is 0 Å². The largest absolute Gasteiger partial charge is 0.323 e. The molecular weight excluding hydrogens is 212 g/mol. The van der Waals surface area contributed by atoms with Crippen molar-refractivity contribution in [1.82, 2.24) is 4.98 Å². The van der Waals surface area contributed by atoms with Gasteiger partial charge in [-0.3, -0.25) is 0 Å². The molecule has 0 aliphatic carbocycles. The molecule has 1 atom stereocenters. The van der Waals surface area contributed by atoms with E-state index in [-0.39, 0.29) is 6.04 Å². The van der Waals surface area contributed by atoms with E-state index in [2.05, 4.69) is 21.8 Å². The van der Waals surface area contributed by atoms with Crippen molar-refractivity contribution in [1.29, 1.82) is 0 Å². The van der Waals surface area contributed by atoms with Crippen molar-refractivity contribution in [2.24, 2.45) is 5.73 Å². The van der Waals surface area contributed by atoms with Crippen molar-refractivity contribution in [2.45, 2.75) is 19.4 Å². The second-order valence-electron chi connectivity index (χ2n) is 3.22. The Bertz CT molecular complexity index is 392. The lowest BCUT2D eigenvalue weighted by Crippen LogP contribution is -2.11. The average molecular weight is 224 g/mol. The number of aryl methyl sites for hydroxylation is 1. The Labute approximate surface area is 91.4 Å². The van der Waals surface area contributed by atoms with Crippen LogP contribution in [-0.4, -0.2) is 4.98 Å². The van der Waals surface area contributed by atoms with Crippen LogP contribution in [0, 0.1) is 6.92 Å². The highest BCUT2D eigenvalue weighted by Crippen LogP contribution is 2.22. The van der Waals surface area contributed by atoms with Gasteiger partial charge in [-0.15, -0.1) is 11.3 Å². The Morgan fingerprint density at radius 3 is 3.00 bits per heavy atom. The van der Waals surface area contributed by atoms with E-state index in [9.17, 15) is 0 Å². The first kappa shape index (κ1) is 9.83. The van der Waals surface area contributed by atoms with E-state index >= 15 is 0 Å². The van der Waals surface area contributed by atoms with Gasteiger partial charge in [0.2, 0.25) is 0 Å². The molecule has 0 saturated carbocycles. The summed E-state index contributed by atoms with van der Waals surface area (Å²) in [5.74, 6) is 0. The first-order valence-electron chi connectivity index (χ1n) is 4.44. The normalized spacial score (nSPS) is 13.0. The fraction of sp³-hybridized carbons (Fsp3) is 0.300. The predicted octanol–water partition coefficient (Wildman–Crippen LogP) is 2.76. The van der Waals surface area contributed by atoms with Gasteiger partial charge in [-0.05, 0) is 35.7 Å². The number of nitrogens with zero attached hydrogens (tertiary/aromatic N) is 1. The van der Waals surface area contributed by atoms with Crippen molar-refractivity contribution >= 4 is 22.7 Å². The predicted molar refractivity (Wildman–Crippen MR) is 61.8 cm³/mol. The van der Waals surface area contributed by atoms with Gasteiger partial charge in [0.05, 0.1) is 5.01 Å². The average Bonchev–Trinajstić information content (AvgIpc) is 2.75. The molecule has 0 bridgehead atoms. The molecule has 4 heteroatoms. The molecule has 2 heterocycles. The summed E-state index contributed by atoms with van der Waals surface area (Å²) in [7, 11) is 0. The quantitative estimate of drug-likeness (QED) is 0.870. The van der Waals surface area contributed by atoms with Gasteiger partial charge >= 0.3 is 0 Å². The van der Waals surface area contributed by atoms with Gasteiger partial charge in [-0.1, -0.05) is 0 Å². The minimum Gasteiger partial charge on any atom is -0.323 e. The molecule has 0 spiro atoms. The van der Waals surface area contributed by atoms with Crippen LogP contribution in [0.5, 0.6) is 0 Å². The molecule has 2 aromatic heterocycles. The standard InChI is InChI=1S/C10H12N2S2/c1-7-12-5-10(14-7)9(11)4-8-2-3-13-6-8/h2-3,5-6,9H,4,11H2,1H3. The Morgan fingerprint density at radius 2 is 2.43 bits per heavy atom. The molecule has 0 radical (unpaired) electrons. The van der Waals surface area contributed by atoms with E-state index < -0.39 is 0 Å². The minimum atomic E-state index is 0.0933. The molecule has 0 fully saturated rings. The second kappa shape index (κ2) is 4.21. The maximum atomic E-state index is 6.07. The van der Waals surface area contributed by atoms with Crippen molar-refractivity contribution in [3.8, 4) is 0 Å². The third-order valence-electron chi connectivity index (χ3n) is 2.04. The summed E-state index contributed by atoms with van der Waals surface area (Å²) >= 11 is 3.40. The van der Waals surface area contributed by atoms with Gasteiger partial charge in [0.15, 0.2) is 0 Å². The van der Waals surface area contributed by atoms with Crippen LogP contribution in [0.15, 0.2) is 23.0 Å². The molecule has 74 valence electrons. The van der Waals surface area contributed by atoms with Crippen LogP contribution >= 0.6 is 22.7 Å². The molecule has 0 saturated heterocycles. The number of thiophene rings is 1. The van der Waals surface area contributed by atoms with Crippen LogP contribution in [0.2, 0.25) is 0 Å². The molecule has 0 aliphatic rings.